The lowest BCUT2D eigenvalue weighted by molar-refractivity contribution is 0.0945. The van der Waals surface area contributed by atoms with Crippen LogP contribution < -0.4 is 10.1 Å². The molecule has 2 rings (SSSR count). The van der Waals surface area contributed by atoms with Crippen LogP contribution in [-0.2, 0) is 6.54 Å². The summed E-state index contributed by atoms with van der Waals surface area (Å²) in [5.41, 5.74) is 0.502. The Morgan fingerprint density at radius 3 is 2.71 bits per heavy atom. The molecule has 110 valence electrons. The molecule has 0 aliphatic rings. The van der Waals surface area contributed by atoms with Gasteiger partial charge in [0.1, 0.15) is 5.75 Å². The fourth-order valence-corrected chi connectivity index (χ4v) is 1.87. The molecule has 5 heteroatoms. The molecule has 0 spiro atoms. The van der Waals surface area contributed by atoms with Crippen molar-refractivity contribution in [2.45, 2.75) is 13.5 Å². The van der Waals surface area contributed by atoms with Crippen molar-refractivity contribution in [3.63, 3.8) is 0 Å². The first-order valence-electron chi connectivity index (χ1n) is 6.55. The van der Waals surface area contributed by atoms with Crippen molar-refractivity contribution in [3.05, 3.63) is 65.2 Å². The lowest BCUT2D eigenvalue weighted by Crippen LogP contribution is -2.24. The fourth-order valence-electron chi connectivity index (χ4n) is 1.87. The van der Waals surface area contributed by atoms with Crippen LogP contribution in [0.3, 0.4) is 0 Å². The SMILES string of the molecule is CCOc1cccc(CNC(=O)c2cccc(F)c2F)c1. The zero-order valence-electron chi connectivity index (χ0n) is 11.5. The molecule has 0 saturated carbocycles. The summed E-state index contributed by atoms with van der Waals surface area (Å²) in [4.78, 5) is 11.9. The van der Waals surface area contributed by atoms with Crippen LogP contribution in [0.1, 0.15) is 22.8 Å². The molecule has 0 aliphatic heterocycles. The predicted octanol–water partition coefficient (Wildman–Crippen LogP) is 3.29. The van der Waals surface area contributed by atoms with Crippen molar-refractivity contribution in [2.75, 3.05) is 6.61 Å². The van der Waals surface area contributed by atoms with E-state index in [2.05, 4.69) is 5.32 Å². The third kappa shape index (κ3) is 3.78. The molecule has 2 aromatic carbocycles. The lowest BCUT2D eigenvalue weighted by Gasteiger charge is -2.08. The second kappa shape index (κ2) is 6.83. The van der Waals surface area contributed by atoms with Crippen molar-refractivity contribution < 1.29 is 18.3 Å². The first-order valence-corrected chi connectivity index (χ1v) is 6.55. The summed E-state index contributed by atoms with van der Waals surface area (Å²) >= 11 is 0. The van der Waals surface area contributed by atoms with Gasteiger partial charge in [0, 0.05) is 6.54 Å². The van der Waals surface area contributed by atoms with Gasteiger partial charge in [-0.2, -0.15) is 0 Å². The van der Waals surface area contributed by atoms with Crippen LogP contribution in [-0.4, -0.2) is 12.5 Å². The first kappa shape index (κ1) is 15.0. The highest BCUT2D eigenvalue weighted by Crippen LogP contribution is 2.14. The average Bonchev–Trinajstić information content (AvgIpc) is 2.48. The van der Waals surface area contributed by atoms with Gasteiger partial charge in [0.05, 0.1) is 12.2 Å². The van der Waals surface area contributed by atoms with Crippen molar-refractivity contribution in [1.82, 2.24) is 5.32 Å². The minimum absolute atomic E-state index is 0.204. The van der Waals surface area contributed by atoms with E-state index in [4.69, 9.17) is 4.74 Å². The molecular weight excluding hydrogens is 276 g/mol. The highest BCUT2D eigenvalue weighted by molar-refractivity contribution is 5.94. The Kier molecular flexibility index (Phi) is 4.87. The molecule has 0 heterocycles. The summed E-state index contributed by atoms with van der Waals surface area (Å²) in [7, 11) is 0. The molecule has 0 bridgehead atoms. The maximum atomic E-state index is 13.5. The predicted molar refractivity (Wildman–Crippen MR) is 75.1 cm³/mol. The maximum absolute atomic E-state index is 13.5. The molecular formula is C16H15F2NO2. The Balaban J connectivity index is 2.04. The van der Waals surface area contributed by atoms with Gasteiger partial charge in [-0.1, -0.05) is 18.2 Å². The molecule has 0 atom stereocenters. The van der Waals surface area contributed by atoms with E-state index in [0.717, 1.165) is 11.6 Å². The monoisotopic (exact) mass is 291 g/mol. The largest absolute Gasteiger partial charge is 0.494 e. The van der Waals surface area contributed by atoms with Gasteiger partial charge in [-0.05, 0) is 36.8 Å². The van der Waals surface area contributed by atoms with Crippen molar-refractivity contribution in [3.8, 4) is 5.75 Å². The van der Waals surface area contributed by atoms with Gasteiger partial charge in [0.2, 0.25) is 0 Å². The van der Waals surface area contributed by atoms with E-state index in [1.807, 2.05) is 13.0 Å². The standard InChI is InChI=1S/C16H15F2NO2/c1-2-21-12-6-3-5-11(9-12)10-19-16(20)13-7-4-8-14(17)15(13)18/h3-9H,2,10H2,1H3,(H,19,20). The van der Waals surface area contributed by atoms with Gasteiger partial charge in [0.25, 0.3) is 5.91 Å². The van der Waals surface area contributed by atoms with E-state index < -0.39 is 17.5 Å². The Bertz CT molecular complexity index is 644. The first-order chi connectivity index (χ1) is 10.1. The molecule has 0 unspecified atom stereocenters. The summed E-state index contributed by atoms with van der Waals surface area (Å²) in [5, 5.41) is 2.55. The van der Waals surface area contributed by atoms with E-state index in [1.54, 1.807) is 18.2 Å². The number of halogens is 2. The van der Waals surface area contributed by atoms with E-state index in [9.17, 15) is 13.6 Å². The molecule has 0 aromatic heterocycles. The fraction of sp³-hybridized carbons (Fsp3) is 0.188. The minimum atomic E-state index is -1.14. The van der Waals surface area contributed by atoms with Crippen molar-refractivity contribution in [1.29, 1.82) is 0 Å². The molecule has 3 nitrogen and oxygen atoms in total. The lowest BCUT2D eigenvalue weighted by atomic mass is 10.1. The second-order valence-electron chi connectivity index (χ2n) is 4.36. The molecule has 0 radical (unpaired) electrons. The van der Waals surface area contributed by atoms with Crippen LogP contribution in [0.5, 0.6) is 5.75 Å². The van der Waals surface area contributed by atoms with Crippen LogP contribution >= 0.6 is 0 Å². The number of hydrogen-bond donors (Lipinski definition) is 1. The highest BCUT2D eigenvalue weighted by Gasteiger charge is 2.14. The van der Waals surface area contributed by atoms with Crippen LogP contribution in [0.15, 0.2) is 42.5 Å². The molecule has 0 aliphatic carbocycles. The summed E-state index contributed by atoms with van der Waals surface area (Å²) < 4.78 is 31.9. The molecule has 1 N–H and O–H groups in total. The highest BCUT2D eigenvalue weighted by atomic mass is 19.2. The van der Waals surface area contributed by atoms with Gasteiger partial charge in [-0.3, -0.25) is 4.79 Å². The average molecular weight is 291 g/mol. The van der Waals surface area contributed by atoms with Crippen molar-refractivity contribution in [2.24, 2.45) is 0 Å². The Morgan fingerprint density at radius 1 is 1.19 bits per heavy atom. The van der Waals surface area contributed by atoms with E-state index in [-0.39, 0.29) is 12.1 Å². The molecule has 1 amide bonds. The van der Waals surface area contributed by atoms with E-state index >= 15 is 0 Å². The Hall–Kier alpha value is -2.43. The Labute approximate surface area is 121 Å². The topological polar surface area (TPSA) is 38.3 Å². The molecule has 0 fully saturated rings. The number of benzene rings is 2. The van der Waals surface area contributed by atoms with Gasteiger partial charge in [0.15, 0.2) is 11.6 Å². The number of carbonyl (C=O) groups is 1. The normalized spacial score (nSPS) is 10.2. The number of carbonyl (C=O) groups excluding carboxylic acids is 1. The van der Waals surface area contributed by atoms with Crippen LogP contribution in [0.4, 0.5) is 8.78 Å². The zero-order chi connectivity index (χ0) is 15.2. The van der Waals surface area contributed by atoms with Gasteiger partial charge < -0.3 is 10.1 Å². The van der Waals surface area contributed by atoms with E-state index in [0.29, 0.717) is 12.4 Å². The van der Waals surface area contributed by atoms with Gasteiger partial charge in [-0.15, -0.1) is 0 Å². The number of hydrogen-bond acceptors (Lipinski definition) is 2. The summed E-state index contributed by atoms with van der Waals surface area (Å²) in [6, 6.07) is 10.7. The zero-order valence-corrected chi connectivity index (χ0v) is 11.5. The number of rotatable bonds is 5. The second-order valence-corrected chi connectivity index (χ2v) is 4.36. The van der Waals surface area contributed by atoms with Crippen LogP contribution in [0.25, 0.3) is 0 Å². The number of nitrogens with one attached hydrogen (secondary N) is 1. The summed E-state index contributed by atoms with van der Waals surface area (Å²) in [6.07, 6.45) is 0. The van der Waals surface area contributed by atoms with Crippen LogP contribution in [0.2, 0.25) is 0 Å². The third-order valence-corrected chi connectivity index (χ3v) is 2.86. The summed E-state index contributed by atoms with van der Waals surface area (Å²) in [5.74, 6) is -2.14. The summed E-state index contributed by atoms with van der Waals surface area (Å²) in [6.45, 7) is 2.63. The van der Waals surface area contributed by atoms with E-state index in [1.165, 1.54) is 12.1 Å². The van der Waals surface area contributed by atoms with Gasteiger partial charge >= 0.3 is 0 Å². The number of amides is 1. The molecule has 0 saturated heterocycles. The third-order valence-electron chi connectivity index (χ3n) is 2.86. The maximum Gasteiger partial charge on any atom is 0.254 e. The molecule has 2 aromatic rings. The quantitative estimate of drug-likeness (QED) is 0.918. The smallest absolute Gasteiger partial charge is 0.254 e. The van der Waals surface area contributed by atoms with Crippen LogP contribution in [0, 0.1) is 11.6 Å². The molecule has 21 heavy (non-hydrogen) atoms. The Morgan fingerprint density at radius 2 is 1.95 bits per heavy atom. The minimum Gasteiger partial charge on any atom is -0.494 e. The van der Waals surface area contributed by atoms with Gasteiger partial charge in [-0.25, -0.2) is 8.78 Å². The van der Waals surface area contributed by atoms with Crippen molar-refractivity contribution >= 4 is 5.91 Å². The number of ether oxygens (including phenoxy) is 1.